The van der Waals surface area contributed by atoms with Gasteiger partial charge >= 0.3 is 0 Å². The Labute approximate surface area is 203 Å². The molecule has 33 heavy (non-hydrogen) atoms. The maximum Gasteiger partial charge on any atom is 0.202 e. The third kappa shape index (κ3) is 6.09. The Morgan fingerprint density at radius 3 is 1.91 bits per heavy atom. The molecule has 4 rings (SSSR count). The van der Waals surface area contributed by atoms with Crippen molar-refractivity contribution in [2.75, 3.05) is 13.2 Å². The molecule has 0 unspecified atom stereocenters. The van der Waals surface area contributed by atoms with Gasteiger partial charge in [0.1, 0.15) is 17.3 Å². The van der Waals surface area contributed by atoms with Gasteiger partial charge in [-0.1, -0.05) is 35.9 Å². The van der Waals surface area contributed by atoms with Crippen LogP contribution in [0.2, 0.25) is 5.02 Å². The van der Waals surface area contributed by atoms with Crippen LogP contribution in [0.3, 0.4) is 0 Å². The second kappa shape index (κ2) is 11.8. The highest BCUT2D eigenvalue weighted by Gasteiger charge is 2.10. The Hall–Kier alpha value is -2.96. The molecular weight excluding hydrogens is 464 g/mol. The lowest BCUT2D eigenvalue weighted by atomic mass is 10.3. The van der Waals surface area contributed by atoms with Gasteiger partial charge in [-0.05, 0) is 61.4 Å². The maximum absolute atomic E-state index is 13.0. The topological polar surface area (TPSA) is 52.2 Å². The van der Waals surface area contributed by atoms with Crippen LogP contribution in [-0.2, 0) is 13.1 Å². The van der Waals surface area contributed by atoms with Crippen molar-refractivity contribution >= 4 is 35.0 Å². The summed E-state index contributed by atoms with van der Waals surface area (Å²) < 4.78 is 28.5. The van der Waals surface area contributed by atoms with Crippen LogP contribution in [0.5, 0.6) is 11.5 Å². The number of hydrogen-bond acceptors (Lipinski definition) is 3. The van der Waals surface area contributed by atoms with E-state index in [1.807, 2.05) is 51.6 Å². The molecule has 0 fully saturated rings. The van der Waals surface area contributed by atoms with Crippen LogP contribution in [-0.4, -0.2) is 22.3 Å². The smallest absolute Gasteiger partial charge is 0.202 e. The van der Waals surface area contributed by atoms with Crippen molar-refractivity contribution in [3.05, 3.63) is 89.3 Å². The zero-order valence-corrected chi connectivity index (χ0v) is 19.6. The third-order valence-electron chi connectivity index (χ3n) is 5.20. The lowest BCUT2D eigenvalue weighted by Gasteiger charge is -2.09. The summed E-state index contributed by atoms with van der Waals surface area (Å²) in [5.74, 6) is 1.04. The van der Waals surface area contributed by atoms with E-state index in [0.717, 1.165) is 23.9 Å². The van der Waals surface area contributed by atoms with Gasteiger partial charge in [0.2, 0.25) is 5.62 Å². The van der Waals surface area contributed by atoms with E-state index < -0.39 is 0 Å². The van der Waals surface area contributed by atoms with Gasteiger partial charge in [0, 0.05) is 13.1 Å². The van der Waals surface area contributed by atoms with Crippen molar-refractivity contribution in [3.8, 4) is 11.5 Å². The first kappa shape index (κ1) is 24.7. The highest BCUT2D eigenvalue weighted by molar-refractivity contribution is 6.32. The van der Waals surface area contributed by atoms with Gasteiger partial charge in [0.15, 0.2) is 0 Å². The SMILES string of the molecule is Cl.N=c1n(CCCOc2ccc(F)cc2)c2ccccc2n1CCCOc1ccccc1Cl. The average molecular weight is 490 g/mol. The monoisotopic (exact) mass is 489 g/mol. The molecule has 1 N–H and O–H groups in total. The number of aromatic nitrogens is 2. The summed E-state index contributed by atoms with van der Waals surface area (Å²) in [7, 11) is 0. The van der Waals surface area contributed by atoms with E-state index in [1.54, 1.807) is 18.2 Å². The molecule has 8 heteroatoms. The molecule has 0 saturated heterocycles. The van der Waals surface area contributed by atoms with Crippen LogP contribution in [0.1, 0.15) is 12.8 Å². The Bertz CT molecular complexity index is 1240. The first-order valence-corrected chi connectivity index (χ1v) is 11.0. The van der Waals surface area contributed by atoms with E-state index in [-0.39, 0.29) is 18.2 Å². The number of benzene rings is 3. The largest absolute Gasteiger partial charge is 0.494 e. The lowest BCUT2D eigenvalue weighted by molar-refractivity contribution is 0.297. The number of rotatable bonds is 10. The van der Waals surface area contributed by atoms with Crippen LogP contribution in [0.4, 0.5) is 4.39 Å². The Kier molecular flexibility index (Phi) is 8.80. The number of ether oxygens (including phenoxy) is 2. The van der Waals surface area contributed by atoms with Crippen molar-refractivity contribution in [1.29, 1.82) is 5.41 Å². The Morgan fingerprint density at radius 2 is 1.30 bits per heavy atom. The van der Waals surface area contributed by atoms with Crippen molar-refractivity contribution in [3.63, 3.8) is 0 Å². The highest BCUT2D eigenvalue weighted by Crippen LogP contribution is 2.23. The van der Waals surface area contributed by atoms with Crippen LogP contribution in [0.25, 0.3) is 11.0 Å². The molecular formula is C25H26Cl2FN3O2. The number of hydrogen-bond donors (Lipinski definition) is 1. The lowest BCUT2D eigenvalue weighted by Crippen LogP contribution is -2.26. The molecule has 0 bridgehead atoms. The quantitative estimate of drug-likeness (QED) is 0.274. The van der Waals surface area contributed by atoms with Gasteiger partial charge in [-0.25, -0.2) is 4.39 Å². The summed E-state index contributed by atoms with van der Waals surface area (Å²) >= 11 is 6.14. The van der Waals surface area contributed by atoms with Crippen LogP contribution >= 0.6 is 24.0 Å². The first-order valence-electron chi connectivity index (χ1n) is 10.6. The molecule has 4 aromatic rings. The average Bonchev–Trinajstić information content (AvgIpc) is 3.07. The van der Waals surface area contributed by atoms with Crippen molar-refractivity contribution in [1.82, 2.24) is 9.13 Å². The summed E-state index contributed by atoms with van der Waals surface area (Å²) in [6.45, 7) is 2.33. The fraction of sp³-hybridized carbons (Fsp3) is 0.240. The van der Waals surface area contributed by atoms with Crippen LogP contribution < -0.4 is 15.1 Å². The molecule has 0 radical (unpaired) electrons. The van der Waals surface area contributed by atoms with Crippen molar-refractivity contribution in [2.45, 2.75) is 25.9 Å². The number of imidazole rings is 1. The second-order valence-corrected chi connectivity index (χ2v) is 7.81. The fourth-order valence-corrected chi connectivity index (χ4v) is 3.85. The highest BCUT2D eigenvalue weighted by atomic mass is 35.5. The van der Waals surface area contributed by atoms with Gasteiger partial charge in [-0.15, -0.1) is 12.4 Å². The van der Waals surface area contributed by atoms with Gasteiger partial charge in [-0.2, -0.15) is 0 Å². The summed E-state index contributed by atoms with van der Waals surface area (Å²) in [4.78, 5) is 0. The zero-order chi connectivity index (χ0) is 22.3. The number of halogens is 3. The van der Waals surface area contributed by atoms with E-state index in [0.29, 0.717) is 48.4 Å². The molecule has 0 aliphatic carbocycles. The maximum atomic E-state index is 13.0. The minimum Gasteiger partial charge on any atom is -0.494 e. The van der Waals surface area contributed by atoms with Gasteiger partial charge in [0.25, 0.3) is 0 Å². The number of nitrogens with one attached hydrogen (secondary N) is 1. The van der Waals surface area contributed by atoms with Crippen molar-refractivity contribution < 1.29 is 13.9 Å². The molecule has 3 aromatic carbocycles. The molecule has 0 spiro atoms. The Morgan fingerprint density at radius 1 is 0.758 bits per heavy atom. The van der Waals surface area contributed by atoms with E-state index in [2.05, 4.69) is 0 Å². The van der Waals surface area contributed by atoms with Gasteiger partial charge < -0.3 is 18.6 Å². The number of nitrogens with zero attached hydrogens (tertiary/aromatic N) is 2. The third-order valence-corrected chi connectivity index (χ3v) is 5.52. The molecule has 0 atom stereocenters. The summed E-state index contributed by atoms with van der Waals surface area (Å²) in [6, 6.07) is 21.5. The second-order valence-electron chi connectivity index (χ2n) is 7.40. The predicted molar refractivity (Wildman–Crippen MR) is 131 cm³/mol. The molecule has 1 heterocycles. The minimum atomic E-state index is -0.281. The van der Waals surface area contributed by atoms with Gasteiger partial charge in [-0.3, -0.25) is 5.41 Å². The van der Waals surface area contributed by atoms with E-state index >= 15 is 0 Å². The number of aryl methyl sites for hydroxylation is 2. The minimum absolute atomic E-state index is 0. The van der Waals surface area contributed by atoms with E-state index in [1.165, 1.54) is 12.1 Å². The number of fused-ring (bicyclic) bond motifs is 1. The van der Waals surface area contributed by atoms with Gasteiger partial charge in [0.05, 0.1) is 29.3 Å². The number of para-hydroxylation sites is 3. The fourth-order valence-electron chi connectivity index (χ4n) is 3.66. The molecule has 174 valence electrons. The van der Waals surface area contributed by atoms with Crippen LogP contribution in [0, 0.1) is 11.2 Å². The predicted octanol–water partition coefficient (Wildman–Crippen LogP) is 6.07. The van der Waals surface area contributed by atoms with E-state index in [4.69, 9.17) is 26.5 Å². The summed E-state index contributed by atoms with van der Waals surface area (Å²) in [5.41, 5.74) is 2.49. The van der Waals surface area contributed by atoms with E-state index in [9.17, 15) is 4.39 Å². The standard InChI is InChI=1S/C25H25ClFN3O2.ClH/c26-21-7-1-4-10-24(21)32-18-6-16-30-23-9-3-2-8-22(23)29(25(30)28)15-5-17-31-20-13-11-19(27)12-14-20;/h1-4,7-14,28H,5-6,15-18H2;1H. The molecule has 0 amide bonds. The normalized spacial score (nSPS) is 10.7. The first-order chi connectivity index (χ1) is 15.6. The molecule has 0 aliphatic rings. The molecule has 0 aliphatic heterocycles. The summed E-state index contributed by atoms with van der Waals surface area (Å²) in [5, 5.41) is 9.31. The molecule has 1 aromatic heterocycles. The zero-order valence-electron chi connectivity index (χ0n) is 18.0. The van der Waals surface area contributed by atoms with Crippen LogP contribution in [0.15, 0.2) is 72.8 Å². The molecule has 5 nitrogen and oxygen atoms in total. The summed E-state index contributed by atoms with van der Waals surface area (Å²) in [6.07, 6.45) is 1.49. The Balaban J connectivity index is 0.00000306. The van der Waals surface area contributed by atoms with Crippen molar-refractivity contribution in [2.24, 2.45) is 0 Å². The molecule has 0 saturated carbocycles.